The number of likely N-dealkylation sites (tertiary alicyclic amines) is 1. The number of methoxy groups -OCH3 is 2. The Morgan fingerprint density at radius 2 is 1.81 bits per heavy atom. The maximum absolute atomic E-state index is 12.4. The Bertz CT molecular complexity index is 1000. The van der Waals surface area contributed by atoms with Crippen LogP contribution in [-0.2, 0) is 9.59 Å². The third-order valence-electron chi connectivity index (χ3n) is 7.49. The summed E-state index contributed by atoms with van der Waals surface area (Å²) < 4.78 is 13.3. The highest BCUT2D eigenvalue weighted by Gasteiger charge is 2.30. The minimum atomic E-state index is -0.924. The Balaban J connectivity index is 1.71. The van der Waals surface area contributed by atoms with Crippen molar-refractivity contribution in [2.75, 3.05) is 38.8 Å². The first-order valence-electron chi connectivity index (χ1n) is 13.0. The van der Waals surface area contributed by atoms with Crippen molar-refractivity contribution in [3.8, 4) is 22.8 Å². The van der Waals surface area contributed by atoms with Gasteiger partial charge in [0.1, 0.15) is 11.5 Å². The molecule has 2 aromatic rings. The van der Waals surface area contributed by atoms with Crippen molar-refractivity contribution in [2.45, 2.75) is 69.9 Å². The molecule has 36 heavy (non-hydrogen) atoms. The van der Waals surface area contributed by atoms with Crippen LogP contribution in [0.15, 0.2) is 24.3 Å². The van der Waals surface area contributed by atoms with Crippen LogP contribution in [0.4, 0.5) is 5.82 Å². The average molecular weight is 499 g/mol. The third kappa shape index (κ3) is 5.83. The van der Waals surface area contributed by atoms with E-state index in [-0.39, 0.29) is 12.5 Å². The second kappa shape index (κ2) is 12.3. The number of piperidine rings is 1. The topological polar surface area (TPSA) is 97.1 Å². The van der Waals surface area contributed by atoms with Crippen molar-refractivity contribution < 1.29 is 24.2 Å². The van der Waals surface area contributed by atoms with Gasteiger partial charge in [0.2, 0.25) is 6.41 Å². The van der Waals surface area contributed by atoms with Gasteiger partial charge in [0.05, 0.1) is 37.9 Å². The normalized spacial score (nSPS) is 17.6. The molecular weight excluding hydrogens is 460 g/mol. The molecule has 1 N–H and O–H groups in total. The summed E-state index contributed by atoms with van der Waals surface area (Å²) in [5, 5.41) is 14.6. The van der Waals surface area contributed by atoms with Crippen LogP contribution >= 0.6 is 0 Å². The number of nitrogens with zero attached hydrogens (tertiary/aromatic N) is 4. The smallest absolute Gasteiger partial charge is 0.305 e. The average Bonchev–Trinajstić information content (AvgIpc) is 3.58. The number of hydrogen-bond donors (Lipinski definition) is 1. The number of amides is 1. The van der Waals surface area contributed by atoms with E-state index in [9.17, 15) is 14.7 Å². The zero-order valence-corrected chi connectivity index (χ0v) is 21.4. The van der Waals surface area contributed by atoms with Gasteiger partial charge in [-0.05, 0) is 57.3 Å². The summed E-state index contributed by atoms with van der Waals surface area (Å²) in [5.41, 5.74) is 1.59. The Kier molecular flexibility index (Phi) is 8.85. The number of hydrogen-bond acceptors (Lipinski definition) is 6. The Morgan fingerprint density at radius 3 is 2.39 bits per heavy atom. The van der Waals surface area contributed by atoms with Gasteiger partial charge in [-0.25, -0.2) is 0 Å². The summed E-state index contributed by atoms with van der Waals surface area (Å²) in [4.78, 5) is 28.1. The van der Waals surface area contributed by atoms with Gasteiger partial charge >= 0.3 is 5.97 Å². The standard InChI is InChI=1S/C27H38N4O5/c1-35-23-11-8-12-24(36-2)27(23)22-18-25(28-31(22)20-9-4-5-10-20)30(19-32)21(17-26(33)34)13-16-29-14-6-3-7-15-29/h8,11-12,18-21H,3-7,9-10,13-17H2,1-2H3,(H,33,34)/t21-/m0/s1. The quantitative estimate of drug-likeness (QED) is 0.434. The molecule has 9 nitrogen and oxygen atoms in total. The Hall–Kier alpha value is -3.07. The molecule has 196 valence electrons. The van der Waals surface area contributed by atoms with Crippen molar-refractivity contribution in [2.24, 2.45) is 0 Å². The summed E-state index contributed by atoms with van der Waals surface area (Å²) in [6.07, 6.45) is 8.99. The van der Waals surface area contributed by atoms with Gasteiger partial charge in [0.25, 0.3) is 0 Å². The van der Waals surface area contributed by atoms with E-state index in [0.29, 0.717) is 23.7 Å². The number of rotatable bonds is 12. The molecule has 0 radical (unpaired) electrons. The fourth-order valence-corrected chi connectivity index (χ4v) is 5.61. The van der Waals surface area contributed by atoms with Crippen LogP contribution in [0.2, 0.25) is 0 Å². The van der Waals surface area contributed by atoms with E-state index < -0.39 is 12.0 Å². The van der Waals surface area contributed by atoms with Crippen LogP contribution < -0.4 is 14.4 Å². The fourth-order valence-electron chi connectivity index (χ4n) is 5.61. The molecule has 1 amide bonds. The molecule has 4 rings (SSSR count). The van der Waals surface area contributed by atoms with Gasteiger partial charge in [-0.1, -0.05) is 25.3 Å². The van der Waals surface area contributed by atoms with E-state index in [1.807, 2.05) is 28.9 Å². The molecule has 1 aromatic heterocycles. The van der Waals surface area contributed by atoms with E-state index in [1.54, 1.807) is 14.2 Å². The van der Waals surface area contributed by atoms with Crippen LogP contribution in [0.25, 0.3) is 11.3 Å². The zero-order valence-electron chi connectivity index (χ0n) is 21.4. The molecule has 1 aliphatic carbocycles. The first-order chi connectivity index (χ1) is 17.5. The van der Waals surface area contributed by atoms with Gasteiger partial charge in [0, 0.05) is 18.7 Å². The highest BCUT2D eigenvalue weighted by Crippen LogP contribution is 2.43. The lowest BCUT2D eigenvalue weighted by atomic mass is 10.1. The van der Waals surface area contributed by atoms with Crippen molar-refractivity contribution in [3.05, 3.63) is 24.3 Å². The number of ether oxygens (including phenoxy) is 2. The van der Waals surface area contributed by atoms with Crippen LogP contribution in [0.1, 0.15) is 63.8 Å². The zero-order chi connectivity index (χ0) is 25.5. The van der Waals surface area contributed by atoms with E-state index >= 15 is 0 Å². The minimum absolute atomic E-state index is 0.129. The molecule has 2 heterocycles. The number of carbonyl (C=O) groups is 2. The van der Waals surface area contributed by atoms with Crippen molar-refractivity contribution in [1.29, 1.82) is 0 Å². The molecule has 1 atom stereocenters. The molecule has 0 bridgehead atoms. The van der Waals surface area contributed by atoms with Gasteiger partial charge in [-0.2, -0.15) is 5.10 Å². The number of benzene rings is 1. The van der Waals surface area contributed by atoms with Crippen LogP contribution in [0.3, 0.4) is 0 Å². The Morgan fingerprint density at radius 1 is 1.14 bits per heavy atom. The molecule has 1 aromatic carbocycles. The van der Waals surface area contributed by atoms with Gasteiger partial charge in [-0.15, -0.1) is 0 Å². The number of aromatic nitrogens is 2. The number of anilines is 1. The van der Waals surface area contributed by atoms with E-state index in [4.69, 9.17) is 14.6 Å². The first kappa shape index (κ1) is 26.0. The molecule has 0 spiro atoms. The maximum atomic E-state index is 12.4. The summed E-state index contributed by atoms with van der Waals surface area (Å²) in [5.74, 6) is 0.854. The largest absolute Gasteiger partial charge is 0.496 e. The number of carbonyl (C=O) groups excluding carboxylic acids is 1. The summed E-state index contributed by atoms with van der Waals surface area (Å²) in [7, 11) is 3.24. The second-order valence-electron chi connectivity index (χ2n) is 9.76. The van der Waals surface area contributed by atoms with Crippen molar-refractivity contribution in [1.82, 2.24) is 14.7 Å². The number of aliphatic carboxylic acids is 1. The highest BCUT2D eigenvalue weighted by molar-refractivity contribution is 5.81. The SMILES string of the molecule is COc1cccc(OC)c1-c1cc(N(C=O)[C@@H](CCN2CCCCC2)CC(=O)O)nn1C1CCCC1. The number of carboxylic acid groups (broad SMARTS) is 1. The fraction of sp³-hybridized carbons (Fsp3) is 0.593. The second-order valence-corrected chi connectivity index (χ2v) is 9.76. The Labute approximate surface area is 213 Å². The molecule has 2 aliphatic rings. The summed E-state index contributed by atoms with van der Waals surface area (Å²) in [6.45, 7) is 2.81. The molecule has 1 saturated carbocycles. The highest BCUT2D eigenvalue weighted by atomic mass is 16.5. The summed E-state index contributed by atoms with van der Waals surface area (Å²) >= 11 is 0. The van der Waals surface area contributed by atoms with E-state index in [1.165, 1.54) is 11.3 Å². The van der Waals surface area contributed by atoms with Crippen LogP contribution in [0, 0.1) is 0 Å². The van der Waals surface area contributed by atoms with E-state index in [0.717, 1.165) is 75.8 Å². The van der Waals surface area contributed by atoms with Crippen molar-refractivity contribution in [3.63, 3.8) is 0 Å². The lowest BCUT2D eigenvalue weighted by Gasteiger charge is -2.30. The van der Waals surface area contributed by atoms with Gasteiger partial charge in [0.15, 0.2) is 5.82 Å². The molecular formula is C27H38N4O5. The third-order valence-corrected chi connectivity index (χ3v) is 7.49. The molecule has 2 fully saturated rings. The first-order valence-corrected chi connectivity index (χ1v) is 13.0. The van der Waals surface area contributed by atoms with Gasteiger partial charge < -0.3 is 19.5 Å². The molecule has 1 saturated heterocycles. The lowest BCUT2D eigenvalue weighted by Crippen LogP contribution is -2.40. The minimum Gasteiger partial charge on any atom is -0.496 e. The molecule has 0 unspecified atom stereocenters. The predicted molar refractivity (Wildman–Crippen MR) is 138 cm³/mol. The van der Waals surface area contributed by atoms with Gasteiger partial charge in [-0.3, -0.25) is 19.2 Å². The van der Waals surface area contributed by atoms with Crippen LogP contribution in [-0.4, -0.2) is 72.1 Å². The predicted octanol–water partition coefficient (Wildman–Crippen LogP) is 4.36. The van der Waals surface area contributed by atoms with Crippen molar-refractivity contribution >= 4 is 18.2 Å². The van der Waals surface area contributed by atoms with E-state index in [2.05, 4.69) is 4.90 Å². The maximum Gasteiger partial charge on any atom is 0.305 e. The van der Waals surface area contributed by atoms with Crippen LogP contribution in [0.5, 0.6) is 11.5 Å². The summed E-state index contributed by atoms with van der Waals surface area (Å²) in [6, 6.07) is 7.23. The monoisotopic (exact) mass is 498 g/mol. The lowest BCUT2D eigenvalue weighted by molar-refractivity contribution is -0.137. The molecule has 9 heteroatoms. The molecule has 1 aliphatic heterocycles. The number of carboxylic acids is 1.